The van der Waals surface area contributed by atoms with Gasteiger partial charge in [-0.2, -0.15) is 0 Å². The molecule has 1 aromatic carbocycles. The molecule has 0 saturated heterocycles. The summed E-state index contributed by atoms with van der Waals surface area (Å²) in [5.41, 5.74) is -0.162. The van der Waals surface area contributed by atoms with E-state index in [0.29, 0.717) is 5.75 Å². The zero-order valence-corrected chi connectivity index (χ0v) is 8.80. The van der Waals surface area contributed by atoms with Crippen LogP contribution in [0.4, 0.5) is 5.69 Å². The van der Waals surface area contributed by atoms with Crippen LogP contribution < -0.4 is 4.74 Å². The van der Waals surface area contributed by atoms with Crippen molar-refractivity contribution >= 4 is 11.5 Å². The topological polar surface area (TPSA) is 69.4 Å². The van der Waals surface area contributed by atoms with Crippen molar-refractivity contribution in [2.45, 2.75) is 6.92 Å². The summed E-state index contributed by atoms with van der Waals surface area (Å²) in [4.78, 5) is 21.3. The van der Waals surface area contributed by atoms with Crippen LogP contribution in [0, 0.1) is 10.1 Å². The third-order valence-electron chi connectivity index (χ3n) is 1.91. The number of benzene rings is 1. The third-order valence-corrected chi connectivity index (χ3v) is 1.91. The van der Waals surface area contributed by atoms with Gasteiger partial charge in [0.05, 0.1) is 16.6 Å². The third kappa shape index (κ3) is 2.66. The Kier molecular flexibility index (Phi) is 3.77. The van der Waals surface area contributed by atoms with Crippen LogP contribution >= 0.6 is 0 Å². The molecule has 1 rings (SSSR count). The molecule has 0 unspecified atom stereocenters. The maximum atomic E-state index is 11.1. The molecule has 5 heteroatoms. The van der Waals surface area contributed by atoms with E-state index < -0.39 is 4.92 Å². The van der Waals surface area contributed by atoms with Gasteiger partial charge in [-0.25, -0.2) is 0 Å². The highest BCUT2D eigenvalue weighted by Gasteiger charge is 2.18. The van der Waals surface area contributed by atoms with E-state index in [1.54, 1.807) is 0 Å². The van der Waals surface area contributed by atoms with Crippen LogP contribution in [0.1, 0.15) is 17.3 Å². The van der Waals surface area contributed by atoms with E-state index in [0.717, 1.165) is 0 Å². The Balaban J connectivity index is 3.12. The summed E-state index contributed by atoms with van der Waals surface area (Å²) in [7, 11) is 0. The standard InChI is InChI=1S/C11H11NO4/c1-3-6-16-9-4-5-10(8(2)13)11(7-9)12(14)15/h3-5,7H,1,6H2,2H3. The number of nitro groups is 1. The van der Waals surface area contributed by atoms with Gasteiger partial charge in [0.1, 0.15) is 12.4 Å². The highest BCUT2D eigenvalue weighted by Crippen LogP contribution is 2.25. The van der Waals surface area contributed by atoms with Gasteiger partial charge < -0.3 is 4.74 Å². The molecule has 16 heavy (non-hydrogen) atoms. The van der Waals surface area contributed by atoms with Crippen LogP contribution in [0.3, 0.4) is 0 Å². The molecule has 1 aromatic rings. The molecular weight excluding hydrogens is 210 g/mol. The molecule has 0 saturated carbocycles. The van der Waals surface area contributed by atoms with E-state index in [1.165, 1.54) is 31.2 Å². The van der Waals surface area contributed by atoms with Gasteiger partial charge in [0, 0.05) is 0 Å². The van der Waals surface area contributed by atoms with Gasteiger partial charge in [-0.15, -0.1) is 0 Å². The highest BCUT2D eigenvalue weighted by atomic mass is 16.6. The minimum atomic E-state index is -0.600. The number of hydrogen-bond acceptors (Lipinski definition) is 4. The van der Waals surface area contributed by atoms with Crippen molar-refractivity contribution in [2.75, 3.05) is 6.61 Å². The molecule has 0 radical (unpaired) electrons. The van der Waals surface area contributed by atoms with E-state index >= 15 is 0 Å². The normalized spacial score (nSPS) is 9.56. The van der Waals surface area contributed by atoms with E-state index in [-0.39, 0.29) is 23.6 Å². The van der Waals surface area contributed by atoms with Crippen molar-refractivity contribution in [2.24, 2.45) is 0 Å². The largest absolute Gasteiger partial charge is 0.489 e. The lowest BCUT2D eigenvalue weighted by atomic mass is 10.1. The molecule has 84 valence electrons. The van der Waals surface area contributed by atoms with Gasteiger partial charge in [0.2, 0.25) is 0 Å². The summed E-state index contributed by atoms with van der Waals surface area (Å²) >= 11 is 0. The Morgan fingerprint density at radius 2 is 2.31 bits per heavy atom. The van der Waals surface area contributed by atoms with Crippen molar-refractivity contribution in [3.05, 3.63) is 46.5 Å². The van der Waals surface area contributed by atoms with Gasteiger partial charge in [-0.1, -0.05) is 12.7 Å². The Labute approximate surface area is 92.5 Å². The van der Waals surface area contributed by atoms with Gasteiger partial charge in [-0.05, 0) is 19.1 Å². The van der Waals surface area contributed by atoms with Crippen LogP contribution in [0.5, 0.6) is 5.75 Å². The first-order valence-corrected chi connectivity index (χ1v) is 4.59. The molecule has 0 atom stereocenters. The number of carbonyl (C=O) groups is 1. The first-order chi connectivity index (χ1) is 7.56. The molecule has 5 nitrogen and oxygen atoms in total. The quantitative estimate of drug-likeness (QED) is 0.331. The number of nitro benzene ring substituents is 1. The zero-order valence-electron chi connectivity index (χ0n) is 8.80. The fourth-order valence-corrected chi connectivity index (χ4v) is 1.21. The maximum Gasteiger partial charge on any atom is 0.283 e. The Morgan fingerprint density at radius 3 is 2.81 bits per heavy atom. The fraction of sp³-hybridized carbons (Fsp3) is 0.182. The minimum absolute atomic E-state index is 0.0796. The fourth-order valence-electron chi connectivity index (χ4n) is 1.21. The Bertz CT molecular complexity index is 440. The number of rotatable bonds is 5. The van der Waals surface area contributed by atoms with Gasteiger partial charge in [0.15, 0.2) is 5.78 Å². The second-order valence-electron chi connectivity index (χ2n) is 3.09. The summed E-state index contributed by atoms with van der Waals surface area (Å²) in [5, 5.41) is 10.7. The molecule has 0 bridgehead atoms. The molecule has 0 amide bonds. The first kappa shape index (κ1) is 11.9. The number of hydrogen-bond donors (Lipinski definition) is 0. The van der Waals surface area contributed by atoms with Crippen LogP contribution in [-0.2, 0) is 0 Å². The van der Waals surface area contributed by atoms with Crippen molar-refractivity contribution < 1.29 is 14.5 Å². The lowest BCUT2D eigenvalue weighted by Gasteiger charge is -2.04. The minimum Gasteiger partial charge on any atom is -0.489 e. The summed E-state index contributed by atoms with van der Waals surface area (Å²) in [6.07, 6.45) is 1.53. The number of ether oxygens (including phenoxy) is 1. The van der Waals surface area contributed by atoms with Gasteiger partial charge >= 0.3 is 0 Å². The average Bonchev–Trinajstić information content (AvgIpc) is 2.25. The average molecular weight is 221 g/mol. The Hall–Kier alpha value is -2.17. The number of ketones is 1. The predicted octanol–water partition coefficient (Wildman–Crippen LogP) is 2.36. The lowest BCUT2D eigenvalue weighted by Crippen LogP contribution is -2.01. The molecule has 0 aliphatic carbocycles. The van der Waals surface area contributed by atoms with E-state index in [4.69, 9.17) is 4.74 Å². The lowest BCUT2D eigenvalue weighted by molar-refractivity contribution is -0.385. The predicted molar refractivity (Wildman–Crippen MR) is 58.8 cm³/mol. The van der Waals surface area contributed by atoms with Crippen LogP contribution in [0.2, 0.25) is 0 Å². The zero-order chi connectivity index (χ0) is 12.1. The molecule has 0 aliphatic rings. The van der Waals surface area contributed by atoms with Crippen LogP contribution in [0.15, 0.2) is 30.9 Å². The molecule has 0 N–H and O–H groups in total. The molecule has 0 aromatic heterocycles. The number of carbonyl (C=O) groups excluding carboxylic acids is 1. The highest BCUT2D eigenvalue weighted by molar-refractivity contribution is 5.98. The maximum absolute atomic E-state index is 11.1. The van der Waals surface area contributed by atoms with Crippen molar-refractivity contribution in [1.82, 2.24) is 0 Å². The van der Waals surface area contributed by atoms with E-state index in [2.05, 4.69) is 6.58 Å². The summed E-state index contributed by atoms with van der Waals surface area (Å²) in [5.74, 6) is -0.00132. The monoisotopic (exact) mass is 221 g/mol. The molecule has 0 spiro atoms. The van der Waals surface area contributed by atoms with Gasteiger partial charge in [-0.3, -0.25) is 14.9 Å². The second-order valence-corrected chi connectivity index (χ2v) is 3.09. The SMILES string of the molecule is C=CCOc1ccc(C(C)=O)c([N+](=O)[O-])c1. The number of nitrogens with zero attached hydrogens (tertiary/aromatic N) is 1. The molecule has 0 heterocycles. The first-order valence-electron chi connectivity index (χ1n) is 4.59. The van der Waals surface area contributed by atoms with Crippen LogP contribution in [-0.4, -0.2) is 17.3 Å². The van der Waals surface area contributed by atoms with E-state index in [9.17, 15) is 14.9 Å². The molecule has 0 fully saturated rings. The summed E-state index contributed by atoms with van der Waals surface area (Å²) in [6.45, 7) is 5.01. The Morgan fingerprint density at radius 1 is 1.62 bits per heavy atom. The molecular formula is C11H11NO4. The summed E-state index contributed by atoms with van der Waals surface area (Å²) < 4.78 is 5.15. The van der Waals surface area contributed by atoms with Crippen LogP contribution in [0.25, 0.3) is 0 Å². The number of Topliss-reactive ketones (excluding diaryl/α,β-unsaturated/α-hetero) is 1. The molecule has 0 aliphatic heterocycles. The van der Waals surface area contributed by atoms with Crippen molar-refractivity contribution in [3.8, 4) is 5.75 Å². The second kappa shape index (κ2) is 5.06. The van der Waals surface area contributed by atoms with Crippen molar-refractivity contribution in [1.29, 1.82) is 0 Å². The smallest absolute Gasteiger partial charge is 0.283 e. The van der Waals surface area contributed by atoms with Crippen molar-refractivity contribution in [3.63, 3.8) is 0 Å². The van der Waals surface area contributed by atoms with E-state index in [1.807, 2.05) is 0 Å². The summed E-state index contributed by atoms with van der Waals surface area (Å²) in [6, 6.07) is 4.15. The van der Waals surface area contributed by atoms with Gasteiger partial charge in [0.25, 0.3) is 5.69 Å².